The Balaban J connectivity index is 1.76. The van der Waals surface area contributed by atoms with Gasteiger partial charge in [0.1, 0.15) is 10.8 Å². The summed E-state index contributed by atoms with van der Waals surface area (Å²) in [5.74, 6) is 0.490. The molecular formula is C19H15ClN4O4S. The number of aryl methyl sites for hydroxylation is 1. The van der Waals surface area contributed by atoms with Gasteiger partial charge in [-0.05, 0) is 30.7 Å². The van der Waals surface area contributed by atoms with E-state index in [1.807, 2.05) is 31.2 Å². The van der Waals surface area contributed by atoms with Crippen LogP contribution in [0.4, 0.5) is 11.5 Å². The third-order valence-electron chi connectivity index (χ3n) is 4.65. The van der Waals surface area contributed by atoms with Crippen molar-refractivity contribution in [3.8, 4) is 5.69 Å². The number of anilines is 1. The largest absolute Gasteiger partial charge is 0.306 e. The number of halogens is 1. The molecular weight excluding hydrogens is 416 g/mol. The zero-order valence-corrected chi connectivity index (χ0v) is 16.8. The molecule has 1 aliphatic heterocycles. The van der Waals surface area contributed by atoms with Gasteiger partial charge in [0.2, 0.25) is 0 Å². The van der Waals surface area contributed by atoms with Gasteiger partial charge in [0.05, 0.1) is 27.8 Å². The number of amides is 1. The third-order valence-corrected chi connectivity index (χ3v) is 6.18. The fourth-order valence-corrected chi connectivity index (χ4v) is 4.66. The van der Waals surface area contributed by atoms with E-state index in [4.69, 9.17) is 11.6 Å². The fourth-order valence-electron chi connectivity index (χ4n) is 3.21. The number of nitrogens with zero attached hydrogens (tertiary/aromatic N) is 3. The van der Waals surface area contributed by atoms with E-state index in [2.05, 4.69) is 10.4 Å². The van der Waals surface area contributed by atoms with Crippen molar-refractivity contribution >= 4 is 39.8 Å². The summed E-state index contributed by atoms with van der Waals surface area (Å²) >= 11 is 5.83. The Morgan fingerprint density at radius 1 is 1.28 bits per heavy atom. The highest BCUT2D eigenvalue weighted by molar-refractivity contribution is 7.83. The van der Waals surface area contributed by atoms with Gasteiger partial charge in [0.15, 0.2) is 0 Å². The van der Waals surface area contributed by atoms with E-state index in [0.29, 0.717) is 22.8 Å². The first-order valence-corrected chi connectivity index (χ1v) is 10.5. The smallest absolute Gasteiger partial charge is 0.288 e. The van der Waals surface area contributed by atoms with E-state index < -0.39 is 21.6 Å². The van der Waals surface area contributed by atoms with E-state index >= 15 is 0 Å². The molecule has 0 saturated carbocycles. The van der Waals surface area contributed by atoms with Crippen LogP contribution in [0, 0.1) is 17.0 Å². The molecule has 148 valence electrons. The maximum atomic E-state index is 12.9. The number of aromatic nitrogens is 2. The predicted octanol–water partition coefficient (Wildman–Crippen LogP) is 3.76. The van der Waals surface area contributed by atoms with Crippen molar-refractivity contribution in [1.29, 1.82) is 0 Å². The van der Waals surface area contributed by atoms with Gasteiger partial charge in [-0.3, -0.25) is 19.1 Å². The summed E-state index contributed by atoms with van der Waals surface area (Å²) in [6.07, 6.45) is 0. The number of para-hydroxylation sites is 1. The molecule has 1 aromatic heterocycles. The molecule has 8 nitrogen and oxygen atoms in total. The van der Waals surface area contributed by atoms with Crippen molar-refractivity contribution in [3.05, 3.63) is 80.0 Å². The summed E-state index contributed by atoms with van der Waals surface area (Å²) in [4.78, 5) is 23.3. The number of hydrogen-bond acceptors (Lipinski definition) is 5. The van der Waals surface area contributed by atoms with Gasteiger partial charge in [0.25, 0.3) is 11.6 Å². The van der Waals surface area contributed by atoms with Crippen LogP contribution in [0.3, 0.4) is 0 Å². The SMILES string of the molecule is Cc1ccccc1-n1nc2c(c1NC(=O)c1ccc(Cl)c([N+](=O)[O-])c1)C[S@](=O)C2. The minimum atomic E-state index is -1.07. The molecule has 0 fully saturated rings. The highest BCUT2D eigenvalue weighted by atomic mass is 35.5. The van der Waals surface area contributed by atoms with Gasteiger partial charge in [-0.25, -0.2) is 4.68 Å². The van der Waals surface area contributed by atoms with Crippen molar-refractivity contribution in [1.82, 2.24) is 9.78 Å². The maximum absolute atomic E-state index is 12.9. The first kappa shape index (κ1) is 19.3. The third kappa shape index (κ3) is 3.54. The van der Waals surface area contributed by atoms with Crippen LogP contribution in [-0.2, 0) is 22.3 Å². The molecule has 2 aromatic carbocycles. The highest BCUT2D eigenvalue weighted by Gasteiger charge is 2.29. The first-order valence-electron chi connectivity index (χ1n) is 8.62. The monoisotopic (exact) mass is 430 g/mol. The van der Waals surface area contributed by atoms with Gasteiger partial charge in [0, 0.05) is 28.0 Å². The van der Waals surface area contributed by atoms with E-state index in [-0.39, 0.29) is 22.0 Å². The van der Waals surface area contributed by atoms with E-state index in [1.165, 1.54) is 12.1 Å². The minimum absolute atomic E-state index is 0.0483. The maximum Gasteiger partial charge on any atom is 0.288 e. The van der Waals surface area contributed by atoms with Crippen molar-refractivity contribution < 1.29 is 13.9 Å². The average molecular weight is 431 g/mol. The molecule has 0 aliphatic carbocycles. The Morgan fingerprint density at radius 3 is 2.76 bits per heavy atom. The van der Waals surface area contributed by atoms with E-state index in [0.717, 1.165) is 17.3 Å². The van der Waals surface area contributed by atoms with Crippen molar-refractivity contribution in [2.45, 2.75) is 18.4 Å². The summed E-state index contributed by atoms with van der Waals surface area (Å²) < 4.78 is 13.6. The van der Waals surface area contributed by atoms with Crippen molar-refractivity contribution in [2.24, 2.45) is 0 Å². The first-order chi connectivity index (χ1) is 13.8. The number of carbonyl (C=O) groups is 1. The molecule has 1 aliphatic rings. The molecule has 0 spiro atoms. The summed E-state index contributed by atoms with van der Waals surface area (Å²) in [5, 5.41) is 18.4. The van der Waals surface area contributed by atoms with E-state index in [9.17, 15) is 19.1 Å². The molecule has 4 rings (SSSR count). The zero-order valence-electron chi connectivity index (χ0n) is 15.2. The number of nitro groups is 1. The molecule has 1 atom stereocenters. The van der Waals surface area contributed by atoms with Gasteiger partial charge < -0.3 is 5.32 Å². The van der Waals surface area contributed by atoms with Gasteiger partial charge in [-0.15, -0.1) is 0 Å². The summed E-state index contributed by atoms with van der Waals surface area (Å²) in [7, 11) is -1.07. The Hall–Kier alpha value is -3.04. The number of hydrogen-bond donors (Lipinski definition) is 1. The molecule has 0 unspecified atom stereocenters. The fraction of sp³-hybridized carbons (Fsp3) is 0.158. The molecule has 10 heteroatoms. The number of nitrogens with one attached hydrogen (secondary N) is 1. The van der Waals surface area contributed by atoms with Crippen LogP contribution in [0.1, 0.15) is 27.2 Å². The van der Waals surface area contributed by atoms with Crippen LogP contribution < -0.4 is 5.32 Å². The second-order valence-corrected chi connectivity index (χ2v) is 8.44. The second-order valence-electron chi connectivity index (χ2n) is 6.58. The molecule has 1 amide bonds. The zero-order chi connectivity index (χ0) is 20.7. The lowest BCUT2D eigenvalue weighted by atomic mass is 10.1. The summed E-state index contributed by atoms with van der Waals surface area (Å²) in [6, 6.07) is 11.4. The number of nitro benzene ring substituents is 1. The molecule has 2 heterocycles. The van der Waals surface area contributed by atoms with Crippen molar-refractivity contribution in [2.75, 3.05) is 5.32 Å². The lowest BCUT2D eigenvalue weighted by Crippen LogP contribution is -2.17. The van der Waals surface area contributed by atoms with Gasteiger partial charge in [-0.1, -0.05) is 29.8 Å². The molecule has 0 saturated heterocycles. The highest BCUT2D eigenvalue weighted by Crippen LogP contribution is 2.33. The topological polar surface area (TPSA) is 107 Å². The predicted molar refractivity (Wildman–Crippen MR) is 110 cm³/mol. The van der Waals surface area contributed by atoms with Crippen LogP contribution in [0.25, 0.3) is 5.69 Å². The minimum Gasteiger partial charge on any atom is -0.306 e. The summed E-state index contributed by atoms with van der Waals surface area (Å²) in [6.45, 7) is 1.93. The molecule has 1 N–H and O–H groups in total. The van der Waals surface area contributed by atoms with Gasteiger partial charge in [-0.2, -0.15) is 5.10 Å². The van der Waals surface area contributed by atoms with Gasteiger partial charge >= 0.3 is 0 Å². The number of benzene rings is 2. The molecule has 0 bridgehead atoms. The van der Waals surface area contributed by atoms with Crippen LogP contribution >= 0.6 is 11.6 Å². The normalized spacial score (nSPS) is 15.2. The van der Waals surface area contributed by atoms with Crippen molar-refractivity contribution in [3.63, 3.8) is 0 Å². The van der Waals surface area contributed by atoms with Crippen LogP contribution in [0.2, 0.25) is 5.02 Å². The number of carbonyl (C=O) groups excluding carboxylic acids is 1. The molecule has 29 heavy (non-hydrogen) atoms. The quantitative estimate of drug-likeness (QED) is 0.501. The lowest BCUT2D eigenvalue weighted by Gasteiger charge is -2.13. The number of rotatable bonds is 4. The van der Waals surface area contributed by atoms with E-state index in [1.54, 1.807) is 4.68 Å². The molecule has 0 radical (unpaired) electrons. The Bertz CT molecular complexity index is 1190. The second kappa shape index (κ2) is 7.41. The standard InChI is InChI=1S/C19H15ClN4O4S/c1-11-4-2-3-5-16(11)23-18(13-9-29(28)10-15(13)22-23)21-19(25)12-6-7-14(20)17(8-12)24(26)27/h2-8H,9-10H2,1H3,(H,21,25)/t29-/m0/s1. The lowest BCUT2D eigenvalue weighted by molar-refractivity contribution is -0.384. The average Bonchev–Trinajstić information content (AvgIpc) is 3.19. The Labute approximate surface area is 173 Å². The summed E-state index contributed by atoms with van der Waals surface area (Å²) in [5.41, 5.74) is 2.86. The Kier molecular flexibility index (Phi) is 4.93. The van der Waals surface area contributed by atoms with Crippen LogP contribution in [0.5, 0.6) is 0 Å². The Morgan fingerprint density at radius 2 is 2.03 bits per heavy atom. The van der Waals surface area contributed by atoms with Crippen LogP contribution in [0.15, 0.2) is 42.5 Å². The van der Waals surface area contributed by atoms with Crippen LogP contribution in [-0.4, -0.2) is 24.8 Å². The number of fused-ring (bicyclic) bond motifs is 1. The molecule has 3 aromatic rings.